The summed E-state index contributed by atoms with van der Waals surface area (Å²) in [6, 6.07) is 1.43. The molecule has 130 valence electrons. The van der Waals surface area contributed by atoms with E-state index in [1.807, 2.05) is 6.92 Å². The number of nitrogens with one attached hydrogen (secondary N) is 1. The zero-order valence-corrected chi connectivity index (χ0v) is 13.4. The van der Waals surface area contributed by atoms with Crippen LogP contribution in [-0.2, 0) is 6.18 Å². The van der Waals surface area contributed by atoms with Crippen LogP contribution in [0.2, 0.25) is 5.02 Å². The van der Waals surface area contributed by atoms with Crippen molar-refractivity contribution in [3.63, 3.8) is 0 Å². The lowest BCUT2D eigenvalue weighted by molar-refractivity contribution is -0.159. The van der Waals surface area contributed by atoms with Crippen molar-refractivity contribution in [1.82, 2.24) is 25.1 Å². The van der Waals surface area contributed by atoms with Crippen LogP contribution >= 0.6 is 11.6 Å². The van der Waals surface area contributed by atoms with E-state index in [-0.39, 0.29) is 23.4 Å². The molecule has 25 heavy (non-hydrogen) atoms. The SMILES string of the molecule is CC(Nc1ncc(-c2noc(C(F)(F)F)n2)cn1)c1cnccc1Cl. The van der Waals surface area contributed by atoms with Gasteiger partial charge in [-0.1, -0.05) is 16.8 Å². The van der Waals surface area contributed by atoms with Gasteiger partial charge in [-0.05, 0) is 13.0 Å². The predicted octanol–water partition coefficient (Wildman–Crippen LogP) is 3.77. The zero-order valence-electron chi connectivity index (χ0n) is 12.6. The van der Waals surface area contributed by atoms with Crippen LogP contribution in [0.5, 0.6) is 0 Å². The third-order valence-corrected chi connectivity index (χ3v) is 3.53. The first-order chi connectivity index (χ1) is 11.8. The summed E-state index contributed by atoms with van der Waals surface area (Å²) < 4.78 is 41.6. The number of hydrogen-bond donors (Lipinski definition) is 1. The second-order valence-corrected chi connectivity index (χ2v) is 5.39. The Morgan fingerprint density at radius 3 is 2.52 bits per heavy atom. The van der Waals surface area contributed by atoms with Crippen molar-refractivity contribution < 1.29 is 17.7 Å². The zero-order chi connectivity index (χ0) is 18.0. The number of rotatable bonds is 4. The number of aromatic nitrogens is 5. The van der Waals surface area contributed by atoms with E-state index in [9.17, 15) is 13.2 Å². The molecular formula is C14H10ClF3N6O. The van der Waals surface area contributed by atoms with Crippen molar-refractivity contribution in [3.05, 3.63) is 47.3 Å². The van der Waals surface area contributed by atoms with E-state index in [1.54, 1.807) is 18.5 Å². The van der Waals surface area contributed by atoms with Gasteiger partial charge in [-0.25, -0.2) is 9.97 Å². The minimum Gasteiger partial charge on any atom is -0.348 e. The normalized spacial score (nSPS) is 12.8. The highest BCUT2D eigenvalue weighted by atomic mass is 35.5. The molecule has 0 radical (unpaired) electrons. The van der Waals surface area contributed by atoms with Gasteiger partial charge in [-0.15, -0.1) is 0 Å². The molecule has 3 rings (SSSR count). The molecule has 0 bridgehead atoms. The summed E-state index contributed by atoms with van der Waals surface area (Å²) in [5.41, 5.74) is 0.946. The van der Waals surface area contributed by atoms with Gasteiger partial charge >= 0.3 is 12.1 Å². The van der Waals surface area contributed by atoms with Gasteiger partial charge in [-0.3, -0.25) is 4.98 Å². The van der Waals surface area contributed by atoms with Crippen LogP contribution in [0.25, 0.3) is 11.4 Å². The highest BCUT2D eigenvalue weighted by Crippen LogP contribution is 2.29. The lowest BCUT2D eigenvalue weighted by Crippen LogP contribution is -2.10. The third kappa shape index (κ3) is 3.85. The molecule has 0 aliphatic heterocycles. The fourth-order valence-electron chi connectivity index (χ4n) is 1.95. The third-order valence-electron chi connectivity index (χ3n) is 3.19. The molecule has 0 fully saturated rings. The summed E-state index contributed by atoms with van der Waals surface area (Å²) in [7, 11) is 0. The van der Waals surface area contributed by atoms with E-state index in [0.717, 1.165) is 5.56 Å². The maximum absolute atomic E-state index is 12.5. The monoisotopic (exact) mass is 370 g/mol. The molecule has 3 heterocycles. The Bertz CT molecular complexity index is 868. The number of pyridine rings is 1. The van der Waals surface area contributed by atoms with Crippen molar-refractivity contribution in [1.29, 1.82) is 0 Å². The van der Waals surface area contributed by atoms with Crippen molar-refractivity contribution in [2.75, 3.05) is 5.32 Å². The highest BCUT2D eigenvalue weighted by Gasteiger charge is 2.38. The molecule has 3 aromatic rings. The fraction of sp³-hybridized carbons (Fsp3) is 0.214. The molecule has 0 aromatic carbocycles. The minimum absolute atomic E-state index is 0.192. The number of anilines is 1. The maximum Gasteiger partial charge on any atom is 0.471 e. The molecule has 7 nitrogen and oxygen atoms in total. The van der Waals surface area contributed by atoms with Crippen molar-refractivity contribution in [2.45, 2.75) is 19.1 Å². The first-order valence-corrected chi connectivity index (χ1v) is 7.31. The molecule has 3 aromatic heterocycles. The Hall–Kier alpha value is -2.75. The van der Waals surface area contributed by atoms with E-state index in [1.165, 1.54) is 12.4 Å². The average Bonchev–Trinajstić information content (AvgIpc) is 3.06. The molecule has 11 heteroatoms. The lowest BCUT2D eigenvalue weighted by Gasteiger charge is -2.14. The van der Waals surface area contributed by atoms with E-state index in [4.69, 9.17) is 11.6 Å². The Kier molecular flexibility index (Phi) is 4.53. The molecular weight excluding hydrogens is 361 g/mol. The summed E-state index contributed by atoms with van der Waals surface area (Å²) in [6.07, 6.45) is 1.07. The Morgan fingerprint density at radius 2 is 1.92 bits per heavy atom. The second-order valence-electron chi connectivity index (χ2n) is 4.98. The summed E-state index contributed by atoms with van der Waals surface area (Å²) in [5.74, 6) is -1.41. The topological polar surface area (TPSA) is 89.6 Å². The van der Waals surface area contributed by atoms with Crippen molar-refractivity contribution in [3.8, 4) is 11.4 Å². The van der Waals surface area contributed by atoms with Crippen LogP contribution in [0.3, 0.4) is 0 Å². The molecule has 0 saturated carbocycles. The quantitative estimate of drug-likeness (QED) is 0.747. The van der Waals surface area contributed by atoms with Gasteiger partial charge in [0, 0.05) is 35.4 Å². The Labute approximate surface area is 144 Å². The van der Waals surface area contributed by atoms with Gasteiger partial charge in [0.25, 0.3) is 0 Å². The predicted molar refractivity (Wildman–Crippen MR) is 81.6 cm³/mol. The van der Waals surface area contributed by atoms with Crippen LogP contribution in [0, 0.1) is 0 Å². The van der Waals surface area contributed by atoms with Crippen molar-refractivity contribution in [2.24, 2.45) is 0 Å². The van der Waals surface area contributed by atoms with E-state index < -0.39 is 12.1 Å². The summed E-state index contributed by atoms with van der Waals surface area (Å²) >= 11 is 6.09. The Morgan fingerprint density at radius 1 is 1.20 bits per heavy atom. The summed E-state index contributed by atoms with van der Waals surface area (Å²) in [6.45, 7) is 1.84. The Balaban J connectivity index is 1.74. The lowest BCUT2D eigenvalue weighted by atomic mass is 10.1. The van der Waals surface area contributed by atoms with E-state index >= 15 is 0 Å². The molecule has 0 aliphatic carbocycles. The maximum atomic E-state index is 12.5. The molecule has 0 aliphatic rings. The molecule has 1 N–H and O–H groups in total. The first kappa shape index (κ1) is 17.1. The summed E-state index contributed by atoms with van der Waals surface area (Å²) in [5, 5.41) is 6.83. The van der Waals surface area contributed by atoms with Gasteiger partial charge in [-0.2, -0.15) is 18.2 Å². The van der Waals surface area contributed by atoms with Gasteiger partial charge in [0.15, 0.2) is 0 Å². The van der Waals surface area contributed by atoms with Crippen molar-refractivity contribution >= 4 is 17.5 Å². The van der Waals surface area contributed by atoms with E-state index in [0.29, 0.717) is 5.02 Å². The van der Waals surface area contributed by atoms with E-state index in [2.05, 4.69) is 34.9 Å². The van der Waals surface area contributed by atoms with Crippen LogP contribution in [0.4, 0.5) is 19.1 Å². The van der Waals surface area contributed by atoms with Gasteiger partial charge in [0.05, 0.1) is 11.6 Å². The molecule has 0 amide bonds. The number of alkyl halides is 3. The minimum atomic E-state index is -4.70. The number of halogens is 4. The highest BCUT2D eigenvalue weighted by molar-refractivity contribution is 6.31. The van der Waals surface area contributed by atoms with Gasteiger partial charge < -0.3 is 9.84 Å². The van der Waals surface area contributed by atoms with Gasteiger partial charge in [0.1, 0.15) is 0 Å². The average molecular weight is 371 g/mol. The van der Waals surface area contributed by atoms with Crippen LogP contribution in [0.15, 0.2) is 35.4 Å². The number of nitrogens with zero attached hydrogens (tertiary/aromatic N) is 5. The smallest absolute Gasteiger partial charge is 0.348 e. The standard InChI is InChI=1S/C14H10ClF3N6O/c1-7(9-6-19-3-2-10(9)15)22-13-20-4-8(5-21-13)11-23-12(25-24-11)14(16,17)18/h2-7H,1H3,(H,20,21,22). The van der Waals surface area contributed by atoms with Crippen LogP contribution < -0.4 is 5.32 Å². The molecule has 1 unspecified atom stereocenters. The largest absolute Gasteiger partial charge is 0.471 e. The van der Waals surface area contributed by atoms with Gasteiger partial charge in [0.2, 0.25) is 11.8 Å². The fourth-order valence-corrected chi connectivity index (χ4v) is 2.22. The second kappa shape index (κ2) is 6.63. The summed E-state index contributed by atoms with van der Waals surface area (Å²) in [4.78, 5) is 15.3. The molecule has 0 saturated heterocycles. The molecule has 0 spiro atoms. The van der Waals surface area contributed by atoms with Crippen LogP contribution in [-0.4, -0.2) is 25.1 Å². The first-order valence-electron chi connectivity index (χ1n) is 6.94. The number of hydrogen-bond acceptors (Lipinski definition) is 7. The molecule has 1 atom stereocenters. The van der Waals surface area contributed by atoms with Crippen LogP contribution in [0.1, 0.15) is 24.4 Å².